The lowest BCUT2D eigenvalue weighted by molar-refractivity contribution is 0.475. The van der Waals surface area contributed by atoms with Crippen molar-refractivity contribution in [3.63, 3.8) is 0 Å². The second-order valence-corrected chi connectivity index (χ2v) is 3.91. The van der Waals surface area contributed by atoms with Crippen LogP contribution in [-0.2, 0) is 6.42 Å². The third-order valence-electron chi connectivity index (χ3n) is 2.72. The monoisotopic (exact) mass is 229 g/mol. The van der Waals surface area contributed by atoms with Gasteiger partial charge in [-0.1, -0.05) is 19.1 Å². The first kappa shape index (κ1) is 11.4. The van der Waals surface area contributed by atoms with Gasteiger partial charge in [0, 0.05) is 16.8 Å². The van der Waals surface area contributed by atoms with E-state index in [0.29, 0.717) is 11.6 Å². The van der Waals surface area contributed by atoms with Crippen LogP contribution in [0.1, 0.15) is 18.2 Å². The molecule has 0 fully saturated rings. The number of phenols is 1. The molecule has 0 unspecified atom stereocenters. The maximum absolute atomic E-state index is 9.44. The summed E-state index contributed by atoms with van der Waals surface area (Å²) in [7, 11) is 0. The van der Waals surface area contributed by atoms with Gasteiger partial charge in [-0.25, -0.2) is 9.97 Å². The number of aromatic hydroxyl groups is 1. The van der Waals surface area contributed by atoms with Crippen molar-refractivity contribution in [1.82, 2.24) is 9.97 Å². The van der Waals surface area contributed by atoms with Crippen molar-refractivity contribution >= 4 is 5.82 Å². The van der Waals surface area contributed by atoms with E-state index in [4.69, 9.17) is 5.73 Å². The predicted octanol–water partition coefficient (Wildman–Crippen LogP) is 2.30. The van der Waals surface area contributed by atoms with Crippen LogP contribution in [0.15, 0.2) is 24.3 Å². The maximum atomic E-state index is 9.44. The lowest BCUT2D eigenvalue weighted by Gasteiger charge is -2.08. The van der Waals surface area contributed by atoms with Gasteiger partial charge in [-0.2, -0.15) is 0 Å². The van der Waals surface area contributed by atoms with Crippen molar-refractivity contribution in [3.8, 4) is 17.1 Å². The van der Waals surface area contributed by atoms with Crippen LogP contribution >= 0.6 is 0 Å². The summed E-state index contributed by atoms with van der Waals surface area (Å²) in [6.07, 6.45) is 0.810. The lowest BCUT2D eigenvalue weighted by atomic mass is 10.1. The second-order valence-electron chi connectivity index (χ2n) is 3.91. The molecule has 1 heterocycles. The zero-order valence-electron chi connectivity index (χ0n) is 9.94. The van der Waals surface area contributed by atoms with Crippen LogP contribution in [0.4, 0.5) is 5.82 Å². The Hall–Kier alpha value is -2.10. The van der Waals surface area contributed by atoms with Gasteiger partial charge >= 0.3 is 0 Å². The largest absolute Gasteiger partial charge is 0.508 e. The molecule has 0 saturated carbocycles. The van der Waals surface area contributed by atoms with Gasteiger partial charge in [-0.05, 0) is 25.5 Å². The molecule has 0 atom stereocenters. The number of anilines is 1. The van der Waals surface area contributed by atoms with E-state index in [2.05, 4.69) is 9.97 Å². The Balaban J connectivity index is 2.56. The number of hydrogen-bond donors (Lipinski definition) is 2. The summed E-state index contributed by atoms with van der Waals surface area (Å²) >= 11 is 0. The molecule has 17 heavy (non-hydrogen) atoms. The van der Waals surface area contributed by atoms with Crippen LogP contribution in [-0.4, -0.2) is 15.1 Å². The van der Waals surface area contributed by atoms with Crippen molar-refractivity contribution in [1.29, 1.82) is 0 Å². The fourth-order valence-electron chi connectivity index (χ4n) is 1.70. The summed E-state index contributed by atoms with van der Waals surface area (Å²) in [6.45, 7) is 3.95. The molecule has 0 radical (unpaired) electrons. The highest BCUT2D eigenvalue weighted by Gasteiger charge is 2.09. The Labute approximate surface area is 100 Å². The molecule has 2 aromatic rings. The molecule has 0 amide bonds. The van der Waals surface area contributed by atoms with Crippen molar-refractivity contribution in [2.75, 3.05) is 5.73 Å². The number of phenolic OH excluding ortho intramolecular Hbond substituents is 1. The molecule has 4 nitrogen and oxygen atoms in total. The fraction of sp³-hybridized carbons (Fsp3) is 0.231. The number of rotatable bonds is 2. The summed E-state index contributed by atoms with van der Waals surface area (Å²) in [5, 5.41) is 9.44. The number of benzene rings is 1. The van der Waals surface area contributed by atoms with Crippen molar-refractivity contribution in [2.24, 2.45) is 0 Å². The summed E-state index contributed by atoms with van der Waals surface area (Å²) in [5.74, 6) is 1.25. The highest BCUT2D eigenvalue weighted by molar-refractivity contribution is 5.60. The summed E-state index contributed by atoms with van der Waals surface area (Å²) in [6, 6.07) is 6.85. The minimum atomic E-state index is 0.197. The van der Waals surface area contributed by atoms with Gasteiger partial charge < -0.3 is 10.8 Å². The Morgan fingerprint density at radius 2 is 2.06 bits per heavy atom. The van der Waals surface area contributed by atoms with E-state index in [1.807, 2.05) is 19.9 Å². The molecule has 88 valence electrons. The zero-order valence-corrected chi connectivity index (χ0v) is 9.94. The SMILES string of the molecule is CCc1nc(-c2cccc(O)c2)nc(N)c1C. The first-order valence-corrected chi connectivity index (χ1v) is 5.54. The first-order valence-electron chi connectivity index (χ1n) is 5.54. The van der Waals surface area contributed by atoms with Crippen LogP contribution in [0.2, 0.25) is 0 Å². The van der Waals surface area contributed by atoms with E-state index in [1.165, 1.54) is 0 Å². The molecule has 4 heteroatoms. The molecule has 0 aliphatic heterocycles. The highest BCUT2D eigenvalue weighted by Crippen LogP contribution is 2.23. The Bertz CT molecular complexity index is 552. The van der Waals surface area contributed by atoms with Crippen LogP contribution in [0.5, 0.6) is 5.75 Å². The lowest BCUT2D eigenvalue weighted by Crippen LogP contribution is -2.04. The Kier molecular flexibility index (Phi) is 2.95. The van der Waals surface area contributed by atoms with Gasteiger partial charge in [-0.15, -0.1) is 0 Å². The van der Waals surface area contributed by atoms with Crippen molar-refractivity contribution < 1.29 is 5.11 Å². The molecule has 1 aromatic heterocycles. The molecule has 2 rings (SSSR count). The third-order valence-corrected chi connectivity index (χ3v) is 2.72. The van der Waals surface area contributed by atoms with Gasteiger partial charge in [0.25, 0.3) is 0 Å². The number of nitrogen functional groups attached to an aromatic ring is 1. The fourth-order valence-corrected chi connectivity index (χ4v) is 1.70. The zero-order chi connectivity index (χ0) is 12.4. The molecular weight excluding hydrogens is 214 g/mol. The number of aromatic nitrogens is 2. The molecule has 0 spiro atoms. The maximum Gasteiger partial charge on any atom is 0.161 e. The number of nitrogens with two attached hydrogens (primary N) is 1. The topological polar surface area (TPSA) is 72.0 Å². The van der Waals surface area contributed by atoms with Crippen LogP contribution in [0, 0.1) is 6.92 Å². The van der Waals surface area contributed by atoms with E-state index < -0.39 is 0 Å². The molecule has 0 saturated heterocycles. The van der Waals surface area contributed by atoms with E-state index in [1.54, 1.807) is 18.2 Å². The van der Waals surface area contributed by atoms with E-state index in [0.717, 1.165) is 23.2 Å². The summed E-state index contributed by atoms with van der Waals surface area (Å²) in [5.41, 5.74) is 8.50. The highest BCUT2D eigenvalue weighted by atomic mass is 16.3. The number of hydrogen-bond acceptors (Lipinski definition) is 4. The number of nitrogens with zero attached hydrogens (tertiary/aromatic N) is 2. The predicted molar refractivity (Wildman–Crippen MR) is 67.7 cm³/mol. The normalized spacial score (nSPS) is 10.5. The van der Waals surface area contributed by atoms with Gasteiger partial charge in [-0.3, -0.25) is 0 Å². The second kappa shape index (κ2) is 4.41. The van der Waals surface area contributed by atoms with Gasteiger partial charge in [0.05, 0.1) is 0 Å². The van der Waals surface area contributed by atoms with E-state index in [-0.39, 0.29) is 5.75 Å². The van der Waals surface area contributed by atoms with Gasteiger partial charge in [0.2, 0.25) is 0 Å². The molecule has 1 aromatic carbocycles. The average molecular weight is 229 g/mol. The average Bonchev–Trinajstić information content (AvgIpc) is 2.32. The van der Waals surface area contributed by atoms with Crippen molar-refractivity contribution in [3.05, 3.63) is 35.5 Å². The van der Waals surface area contributed by atoms with Crippen LogP contribution in [0.25, 0.3) is 11.4 Å². The Morgan fingerprint density at radius 3 is 2.71 bits per heavy atom. The summed E-state index contributed by atoms with van der Waals surface area (Å²) < 4.78 is 0. The smallest absolute Gasteiger partial charge is 0.161 e. The summed E-state index contributed by atoms with van der Waals surface area (Å²) in [4.78, 5) is 8.71. The first-order chi connectivity index (χ1) is 8.11. The number of aryl methyl sites for hydroxylation is 1. The minimum absolute atomic E-state index is 0.197. The quantitative estimate of drug-likeness (QED) is 0.828. The van der Waals surface area contributed by atoms with E-state index in [9.17, 15) is 5.11 Å². The standard InChI is InChI=1S/C13H15N3O/c1-3-11-8(2)12(14)16-13(15-11)9-5-4-6-10(17)7-9/h4-7,17H,3H2,1-2H3,(H2,14,15,16). The minimum Gasteiger partial charge on any atom is -0.508 e. The molecule has 3 N–H and O–H groups in total. The van der Waals surface area contributed by atoms with E-state index >= 15 is 0 Å². The molecule has 0 bridgehead atoms. The molecular formula is C13H15N3O. The van der Waals surface area contributed by atoms with Crippen LogP contribution in [0.3, 0.4) is 0 Å². The van der Waals surface area contributed by atoms with Gasteiger partial charge in [0.15, 0.2) is 5.82 Å². The van der Waals surface area contributed by atoms with Crippen LogP contribution < -0.4 is 5.73 Å². The molecule has 0 aliphatic rings. The van der Waals surface area contributed by atoms with Crippen molar-refractivity contribution in [2.45, 2.75) is 20.3 Å². The Morgan fingerprint density at radius 1 is 1.29 bits per heavy atom. The molecule has 0 aliphatic carbocycles. The third kappa shape index (κ3) is 2.20. The van der Waals surface area contributed by atoms with Gasteiger partial charge in [0.1, 0.15) is 11.6 Å².